The minimum absolute atomic E-state index is 0.153. The summed E-state index contributed by atoms with van der Waals surface area (Å²) in [4.78, 5) is 14.1. The van der Waals surface area contributed by atoms with Gasteiger partial charge >= 0.3 is 6.18 Å². The van der Waals surface area contributed by atoms with Crippen molar-refractivity contribution in [2.45, 2.75) is 32.2 Å². The standard InChI is InChI=1S/C20H23F3N2O2/c1-14(19(26)24-12-15-6-10-18(27-3)11-7-15)25(2)13-16-4-8-17(9-5-16)20(21,22)23/h4-11,14H,12-13H2,1-3H3,(H,24,26)/t14-/m0/s1. The number of ether oxygens (including phenoxy) is 1. The van der Waals surface area contributed by atoms with E-state index in [2.05, 4.69) is 5.32 Å². The van der Waals surface area contributed by atoms with E-state index in [0.29, 0.717) is 18.7 Å². The van der Waals surface area contributed by atoms with Crippen LogP contribution in [-0.2, 0) is 24.1 Å². The van der Waals surface area contributed by atoms with Crippen LogP contribution in [0.25, 0.3) is 0 Å². The average Bonchev–Trinajstić information content (AvgIpc) is 2.65. The van der Waals surface area contributed by atoms with Gasteiger partial charge in [-0.05, 0) is 49.4 Å². The Morgan fingerprint density at radius 2 is 1.63 bits per heavy atom. The van der Waals surface area contributed by atoms with E-state index in [-0.39, 0.29) is 5.91 Å². The number of nitrogens with zero attached hydrogens (tertiary/aromatic N) is 1. The molecule has 0 aliphatic rings. The Kier molecular flexibility index (Phi) is 6.85. The Balaban J connectivity index is 1.87. The van der Waals surface area contributed by atoms with Gasteiger partial charge < -0.3 is 10.1 Å². The van der Waals surface area contributed by atoms with Gasteiger partial charge in [0.2, 0.25) is 5.91 Å². The zero-order valence-corrected chi connectivity index (χ0v) is 15.5. The van der Waals surface area contributed by atoms with Crippen LogP contribution in [0, 0.1) is 0 Å². The van der Waals surface area contributed by atoms with Crippen LogP contribution in [0.2, 0.25) is 0 Å². The number of methoxy groups -OCH3 is 1. The SMILES string of the molecule is COc1ccc(CNC(=O)[C@H](C)N(C)Cc2ccc(C(F)(F)F)cc2)cc1. The summed E-state index contributed by atoms with van der Waals surface area (Å²) in [6.07, 6.45) is -4.35. The smallest absolute Gasteiger partial charge is 0.416 e. The molecule has 0 spiro atoms. The molecule has 0 saturated heterocycles. The molecule has 0 aliphatic carbocycles. The molecule has 0 bridgehead atoms. The van der Waals surface area contributed by atoms with Gasteiger partial charge in [0, 0.05) is 13.1 Å². The highest BCUT2D eigenvalue weighted by Gasteiger charge is 2.30. The van der Waals surface area contributed by atoms with Crippen LogP contribution >= 0.6 is 0 Å². The van der Waals surface area contributed by atoms with Crippen LogP contribution in [0.1, 0.15) is 23.6 Å². The van der Waals surface area contributed by atoms with Crippen LogP contribution in [-0.4, -0.2) is 31.0 Å². The molecule has 0 saturated carbocycles. The predicted molar refractivity (Wildman–Crippen MR) is 97.2 cm³/mol. The molecule has 1 atom stereocenters. The van der Waals surface area contributed by atoms with Crippen LogP contribution in [0.4, 0.5) is 13.2 Å². The van der Waals surface area contributed by atoms with Gasteiger partial charge in [0.25, 0.3) is 0 Å². The molecule has 0 heterocycles. The maximum atomic E-state index is 12.6. The van der Waals surface area contributed by atoms with E-state index in [0.717, 1.165) is 23.4 Å². The van der Waals surface area contributed by atoms with Gasteiger partial charge in [-0.2, -0.15) is 13.2 Å². The molecular formula is C20H23F3N2O2. The Hall–Kier alpha value is -2.54. The lowest BCUT2D eigenvalue weighted by Gasteiger charge is -2.24. The highest BCUT2D eigenvalue weighted by Crippen LogP contribution is 2.29. The van der Waals surface area contributed by atoms with Gasteiger partial charge in [0.1, 0.15) is 5.75 Å². The average molecular weight is 380 g/mol. The molecule has 146 valence electrons. The number of likely N-dealkylation sites (N-methyl/N-ethyl adjacent to an activating group) is 1. The van der Waals surface area contributed by atoms with E-state index in [1.54, 1.807) is 26.0 Å². The van der Waals surface area contributed by atoms with Crippen molar-refractivity contribution in [3.63, 3.8) is 0 Å². The predicted octanol–water partition coefficient (Wildman–Crippen LogP) is 3.85. The molecule has 0 unspecified atom stereocenters. The van der Waals surface area contributed by atoms with Crippen molar-refractivity contribution in [2.75, 3.05) is 14.2 Å². The fraction of sp³-hybridized carbons (Fsp3) is 0.350. The number of hydrogen-bond acceptors (Lipinski definition) is 3. The van der Waals surface area contributed by atoms with E-state index in [4.69, 9.17) is 4.74 Å². The molecule has 7 heteroatoms. The first-order chi connectivity index (χ1) is 12.7. The van der Waals surface area contributed by atoms with Gasteiger partial charge in [-0.15, -0.1) is 0 Å². The monoisotopic (exact) mass is 380 g/mol. The minimum Gasteiger partial charge on any atom is -0.497 e. The number of carbonyl (C=O) groups excluding carboxylic acids is 1. The first-order valence-electron chi connectivity index (χ1n) is 8.47. The summed E-state index contributed by atoms with van der Waals surface area (Å²) in [6.45, 7) is 2.52. The first-order valence-corrected chi connectivity index (χ1v) is 8.47. The fourth-order valence-corrected chi connectivity index (χ4v) is 2.50. The molecule has 2 rings (SSSR count). The molecule has 0 aromatic heterocycles. The molecule has 4 nitrogen and oxygen atoms in total. The van der Waals surface area contributed by atoms with Crippen LogP contribution < -0.4 is 10.1 Å². The van der Waals surface area contributed by atoms with E-state index in [1.165, 1.54) is 12.1 Å². The van der Waals surface area contributed by atoms with E-state index in [9.17, 15) is 18.0 Å². The number of nitrogens with one attached hydrogen (secondary N) is 1. The third kappa shape index (κ3) is 5.99. The Labute approximate surface area is 156 Å². The quantitative estimate of drug-likeness (QED) is 0.793. The number of carbonyl (C=O) groups is 1. The topological polar surface area (TPSA) is 41.6 Å². The summed E-state index contributed by atoms with van der Waals surface area (Å²) in [5, 5.41) is 2.86. The second kappa shape index (κ2) is 8.90. The van der Waals surface area contributed by atoms with E-state index >= 15 is 0 Å². The van der Waals surface area contributed by atoms with Gasteiger partial charge in [-0.3, -0.25) is 9.69 Å². The van der Waals surface area contributed by atoms with E-state index in [1.807, 2.05) is 24.3 Å². The Morgan fingerprint density at radius 3 is 2.15 bits per heavy atom. The summed E-state index contributed by atoms with van der Waals surface area (Å²) < 4.78 is 42.9. The highest BCUT2D eigenvalue weighted by molar-refractivity contribution is 5.81. The van der Waals surface area contributed by atoms with E-state index < -0.39 is 17.8 Å². The molecule has 0 radical (unpaired) electrons. The van der Waals surface area contributed by atoms with Crippen LogP contribution in [0.15, 0.2) is 48.5 Å². The molecule has 0 fully saturated rings. The summed E-state index contributed by atoms with van der Waals surface area (Å²) in [5.74, 6) is 0.593. The van der Waals surface area contributed by atoms with Crippen molar-refractivity contribution in [2.24, 2.45) is 0 Å². The molecule has 2 aromatic carbocycles. The number of halogens is 3. The summed E-state index contributed by atoms with van der Waals surface area (Å²) in [7, 11) is 3.35. The lowest BCUT2D eigenvalue weighted by molar-refractivity contribution is -0.137. The largest absolute Gasteiger partial charge is 0.497 e. The molecule has 27 heavy (non-hydrogen) atoms. The zero-order chi connectivity index (χ0) is 20.0. The number of benzene rings is 2. The minimum atomic E-state index is -4.35. The lowest BCUT2D eigenvalue weighted by atomic mass is 10.1. The number of rotatable bonds is 7. The second-order valence-electron chi connectivity index (χ2n) is 6.35. The van der Waals surface area contributed by atoms with Crippen molar-refractivity contribution < 1.29 is 22.7 Å². The lowest BCUT2D eigenvalue weighted by Crippen LogP contribution is -2.42. The van der Waals surface area contributed by atoms with Crippen molar-refractivity contribution in [1.82, 2.24) is 10.2 Å². The van der Waals surface area contributed by atoms with Crippen molar-refractivity contribution in [3.05, 3.63) is 65.2 Å². The van der Waals surface area contributed by atoms with Crippen molar-refractivity contribution >= 4 is 5.91 Å². The van der Waals surface area contributed by atoms with Crippen LogP contribution in [0.5, 0.6) is 5.75 Å². The van der Waals surface area contributed by atoms with Crippen molar-refractivity contribution in [3.8, 4) is 5.75 Å². The molecular weight excluding hydrogens is 357 g/mol. The summed E-state index contributed by atoms with van der Waals surface area (Å²) in [6, 6.07) is 11.9. The maximum Gasteiger partial charge on any atom is 0.416 e. The second-order valence-corrected chi connectivity index (χ2v) is 6.35. The van der Waals surface area contributed by atoms with Gasteiger partial charge in [0.05, 0.1) is 18.7 Å². The Morgan fingerprint density at radius 1 is 1.07 bits per heavy atom. The van der Waals surface area contributed by atoms with Crippen LogP contribution in [0.3, 0.4) is 0 Å². The molecule has 2 aromatic rings. The third-order valence-electron chi connectivity index (χ3n) is 4.38. The van der Waals surface area contributed by atoms with Gasteiger partial charge in [0.15, 0.2) is 0 Å². The molecule has 0 aliphatic heterocycles. The van der Waals surface area contributed by atoms with Crippen molar-refractivity contribution in [1.29, 1.82) is 0 Å². The normalized spacial score (nSPS) is 12.7. The summed E-state index contributed by atoms with van der Waals surface area (Å²) in [5.41, 5.74) is 0.973. The fourth-order valence-electron chi connectivity index (χ4n) is 2.50. The maximum absolute atomic E-state index is 12.6. The first kappa shape index (κ1) is 20.8. The van der Waals surface area contributed by atoms with Gasteiger partial charge in [-0.25, -0.2) is 0 Å². The highest BCUT2D eigenvalue weighted by atomic mass is 19.4. The third-order valence-corrected chi connectivity index (χ3v) is 4.38. The summed E-state index contributed by atoms with van der Waals surface area (Å²) >= 11 is 0. The number of amides is 1. The molecule has 1 N–H and O–H groups in total. The molecule has 1 amide bonds. The Bertz CT molecular complexity index is 743. The zero-order valence-electron chi connectivity index (χ0n) is 15.5. The number of hydrogen-bond donors (Lipinski definition) is 1. The van der Waals surface area contributed by atoms with Gasteiger partial charge in [-0.1, -0.05) is 24.3 Å². The number of alkyl halides is 3.